The summed E-state index contributed by atoms with van der Waals surface area (Å²) in [5.74, 6) is 0.196. The molecule has 1 heterocycles. The first-order valence-electron chi connectivity index (χ1n) is 10.2. The van der Waals surface area contributed by atoms with Crippen LogP contribution in [0.4, 0.5) is 18.9 Å². The Morgan fingerprint density at radius 1 is 1.10 bits per heavy atom. The number of nitrogens with one attached hydrogen (secondary N) is 2. The fourth-order valence-corrected chi connectivity index (χ4v) is 4.23. The van der Waals surface area contributed by atoms with Crippen molar-refractivity contribution in [3.63, 3.8) is 0 Å². The molecule has 1 aliphatic heterocycles. The minimum atomic E-state index is -4.43. The van der Waals surface area contributed by atoms with Crippen molar-refractivity contribution < 1.29 is 17.4 Å². The van der Waals surface area contributed by atoms with E-state index in [0.717, 1.165) is 37.9 Å². The maximum atomic E-state index is 13.5. The molecule has 0 aliphatic carbocycles. The minimum Gasteiger partial charge on any atom is -0.369 e. The monoisotopic (exact) mass is 433 g/mol. The SMILES string of the molecule is CC(C)C(C)[C@H](N[S@@](=O)C(C)(C)C)c1cc(C(F)(F)F)ccc1N1CCNCC1. The second kappa shape index (κ2) is 9.35. The van der Waals surface area contributed by atoms with E-state index in [1.165, 1.54) is 6.07 Å². The van der Waals surface area contributed by atoms with Gasteiger partial charge < -0.3 is 10.2 Å². The highest BCUT2D eigenvalue weighted by molar-refractivity contribution is 7.84. The van der Waals surface area contributed by atoms with Crippen molar-refractivity contribution in [1.82, 2.24) is 10.0 Å². The molecule has 8 heteroatoms. The van der Waals surface area contributed by atoms with E-state index in [2.05, 4.69) is 14.9 Å². The molecule has 4 nitrogen and oxygen atoms in total. The maximum absolute atomic E-state index is 13.5. The molecule has 0 spiro atoms. The van der Waals surface area contributed by atoms with E-state index >= 15 is 0 Å². The summed E-state index contributed by atoms with van der Waals surface area (Å²) in [6.07, 6.45) is -4.43. The predicted molar refractivity (Wildman–Crippen MR) is 114 cm³/mol. The Kier molecular flexibility index (Phi) is 7.79. The van der Waals surface area contributed by atoms with Crippen LogP contribution in [-0.4, -0.2) is 35.1 Å². The molecule has 0 radical (unpaired) electrons. The Labute approximate surface area is 175 Å². The lowest BCUT2D eigenvalue weighted by molar-refractivity contribution is -0.137. The molecule has 0 saturated carbocycles. The van der Waals surface area contributed by atoms with Crippen molar-refractivity contribution in [2.45, 2.75) is 58.5 Å². The van der Waals surface area contributed by atoms with Gasteiger partial charge in [-0.2, -0.15) is 13.2 Å². The van der Waals surface area contributed by atoms with Gasteiger partial charge in [0.15, 0.2) is 0 Å². The molecule has 1 aliphatic rings. The zero-order valence-electron chi connectivity index (χ0n) is 18.2. The molecule has 29 heavy (non-hydrogen) atoms. The first-order valence-corrected chi connectivity index (χ1v) is 11.3. The number of halogens is 3. The van der Waals surface area contributed by atoms with Gasteiger partial charge in [-0.25, -0.2) is 8.93 Å². The Morgan fingerprint density at radius 2 is 1.69 bits per heavy atom. The molecule has 0 aromatic heterocycles. The summed E-state index contributed by atoms with van der Waals surface area (Å²) < 4.78 is 56.1. The number of hydrogen-bond donors (Lipinski definition) is 2. The molecule has 2 rings (SSSR count). The van der Waals surface area contributed by atoms with E-state index in [4.69, 9.17) is 0 Å². The molecule has 1 unspecified atom stereocenters. The van der Waals surface area contributed by atoms with Gasteiger partial charge in [0.1, 0.15) is 0 Å². The van der Waals surface area contributed by atoms with E-state index in [1.807, 2.05) is 41.5 Å². The largest absolute Gasteiger partial charge is 0.416 e. The zero-order valence-corrected chi connectivity index (χ0v) is 19.0. The van der Waals surface area contributed by atoms with Gasteiger partial charge in [-0.15, -0.1) is 0 Å². The average molecular weight is 434 g/mol. The predicted octanol–water partition coefficient (Wildman–Crippen LogP) is 4.50. The topological polar surface area (TPSA) is 44.4 Å². The minimum absolute atomic E-state index is 0.00792. The summed E-state index contributed by atoms with van der Waals surface area (Å²) in [5, 5.41) is 3.28. The fraction of sp³-hybridized carbons (Fsp3) is 0.714. The molecule has 166 valence electrons. The standard InChI is InChI=1S/C21H34F3N3OS/c1-14(2)15(3)19(26-29(28)20(4,5)6)17-13-16(21(22,23)24)7-8-18(17)27-11-9-25-10-12-27/h7-8,13-15,19,25-26H,9-12H2,1-6H3/t15?,19-,29-/m0/s1. The summed E-state index contributed by atoms with van der Waals surface area (Å²) in [6, 6.07) is 3.51. The number of hydrogen-bond acceptors (Lipinski definition) is 3. The van der Waals surface area contributed by atoms with Crippen LogP contribution in [0.5, 0.6) is 0 Å². The lowest BCUT2D eigenvalue weighted by Gasteiger charge is -2.36. The third-order valence-electron chi connectivity index (χ3n) is 5.52. The molecule has 0 bridgehead atoms. The van der Waals surface area contributed by atoms with Crippen LogP contribution in [0.2, 0.25) is 0 Å². The second-order valence-electron chi connectivity index (χ2n) is 9.09. The quantitative estimate of drug-likeness (QED) is 0.694. The number of benzene rings is 1. The first-order chi connectivity index (χ1) is 13.3. The molecule has 0 amide bonds. The van der Waals surface area contributed by atoms with Gasteiger partial charge in [0.25, 0.3) is 0 Å². The highest BCUT2D eigenvalue weighted by atomic mass is 32.2. The summed E-state index contributed by atoms with van der Waals surface area (Å²) in [5.41, 5.74) is 0.687. The Hall–Kier alpha value is -1.12. The summed E-state index contributed by atoms with van der Waals surface area (Å²) in [4.78, 5) is 2.12. The highest BCUT2D eigenvalue weighted by Crippen LogP contribution is 2.39. The molecule has 1 aromatic carbocycles. The number of piperazine rings is 1. The first kappa shape index (κ1) is 24.2. The molecule has 2 N–H and O–H groups in total. The van der Waals surface area contributed by atoms with Gasteiger partial charge >= 0.3 is 6.18 Å². The molecule has 3 atom stereocenters. The molecule has 1 fully saturated rings. The van der Waals surface area contributed by atoms with Gasteiger partial charge in [-0.3, -0.25) is 0 Å². The molecular weight excluding hydrogens is 399 g/mol. The molecular formula is C21H34F3N3OS. The molecule has 1 saturated heterocycles. The third-order valence-corrected chi connectivity index (χ3v) is 7.10. The molecule has 1 aromatic rings. The van der Waals surface area contributed by atoms with E-state index in [-0.39, 0.29) is 11.8 Å². The number of nitrogens with zero attached hydrogens (tertiary/aromatic N) is 1. The van der Waals surface area contributed by atoms with E-state index in [0.29, 0.717) is 5.56 Å². The smallest absolute Gasteiger partial charge is 0.369 e. The van der Waals surface area contributed by atoms with Crippen molar-refractivity contribution >= 4 is 16.7 Å². The van der Waals surface area contributed by atoms with Crippen LogP contribution in [0.3, 0.4) is 0 Å². The fourth-order valence-electron chi connectivity index (χ4n) is 3.30. The Balaban J connectivity index is 2.59. The van der Waals surface area contributed by atoms with Gasteiger partial charge in [0.05, 0.1) is 21.3 Å². The van der Waals surface area contributed by atoms with Crippen LogP contribution < -0.4 is 14.9 Å². The number of alkyl halides is 3. The lowest BCUT2D eigenvalue weighted by atomic mass is 9.85. The highest BCUT2D eigenvalue weighted by Gasteiger charge is 2.35. The van der Waals surface area contributed by atoms with E-state index in [1.54, 1.807) is 6.07 Å². The van der Waals surface area contributed by atoms with Crippen molar-refractivity contribution in [2.24, 2.45) is 11.8 Å². The zero-order chi connectivity index (χ0) is 22.0. The second-order valence-corrected chi connectivity index (χ2v) is 11.1. The van der Waals surface area contributed by atoms with Gasteiger partial charge in [0.2, 0.25) is 0 Å². The Bertz CT molecular complexity index is 710. The van der Waals surface area contributed by atoms with Crippen molar-refractivity contribution in [3.05, 3.63) is 29.3 Å². The van der Waals surface area contributed by atoms with Crippen LogP contribution in [0.1, 0.15) is 58.7 Å². The maximum Gasteiger partial charge on any atom is 0.416 e. The summed E-state index contributed by atoms with van der Waals surface area (Å²) in [7, 11) is -1.41. The lowest BCUT2D eigenvalue weighted by Crippen LogP contribution is -2.45. The van der Waals surface area contributed by atoms with Crippen molar-refractivity contribution in [2.75, 3.05) is 31.1 Å². The van der Waals surface area contributed by atoms with Gasteiger partial charge in [0, 0.05) is 37.9 Å². The Morgan fingerprint density at radius 3 is 2.17 bits per heavy atom. The van der Waals surface area contributed by atoms with Crippen LogP contribution in [0.25, 0.3) is 0 Å². The van der Waals surface area contributed by atoms with Crippen LogP contribution in [0.15, 0.2) is 18.2 Å². The third kappa shape index (κ3) is 6.18. The number of rotatable bonds is 6. The number of anilines is 1. The van der Waals surface area contributed by atoms with E-state index in [9.17, 15) is 17.4 Å². The normalized spacial score (nSPS) is 19.3. The average Bonchev–Trinajstić information content (AvgIpc) is 2.64. The van der Waals surface area contributed by atoms with Crippen LogP contribution >= 0.6 is 0 Å². The summed E-state index contributed by atoms with van der Waals surface area (Å²) in [6.45, 7) is 14.7. The van der Waals surface area contributed by atoms with Crippen LogP contribution in [-0.2, 0) is 17.2 Å². The summed E-state index contributed by atoms with van der Waals surface area (Å²) >= 11 is 0. The van der Waals surface area contributed by atoms with Gasteiger partial charge in [-0.05, 0) is 56.4 Å². The van der Waals surface area contributed by atoms with Crippen molar-refractivity contribution in [1.29, 1.82) is 0 Å². The van der Waals surface area contributed by atoms with Gasteiger partial charge in [-0.1, -0.05) is 20.8 Å². The van der Waals surface area contributed by atoms with Crippen molar-refractivity contribution in [3.8, 4) is 0 Å². The van der Waals surface area contributed by atoms with E-state index < -0.39 is 33.5 Å². The van der Waals surface area contributed by atoms with Crippen LogP contribution in [0, 0.1) is 11.8 Å².